The molecule has 0 aromatic heterocycles. The lowest BCUT2D eigenvalue weighted by Crippen LogP contribution is -2.28. The molecule has 0 aliphatic rings. The highest BCUT2D eigenvalue weighted by Crippen LogP contribution is 2.16. The van der Waals surface area contributed by atoms with Crippen molar-refractivity contribution in [3.8, 4) is 0 Å². The van der Waals surface area contributed by atoms with Crippen LogP contribution in [0.1, 0.15) is 56.5 Å². The van der Waals surface area contributed by atoms with Gasteiger partial charge in [0.25, 0.3) is 5.91 Å². The van der Waals surface area contributed by atoms with Gasteiger partial charge in [0.1, 0.15) is 0 Å². The molecule has 5 nitrogen and oxygen atoms in total. The molecule has 0 bridgehead atoms. The van der Waals surface area contributed by atoms with Crippen molar-refractivity contribution in [2.75, 3.05) is 0 Å². The van der Waals surface area contributed by atoms with Crippen molar-refractivity contribution in [2.45, 2.75) is 19.9 Å². The minimum atomic E-state index is -1.14. The Morgan fingerprint density at radius 3 is 2.04 bits per heavy atom. The SMILES string of the molecule is CC(=O)c1ccc(C(C)NC(=O)c2ccccc2C(=O)O)cc1. The Hall–Kier alpha value is -2.95. The van der Waals surface area contributed by atoms with Crippen molar-refractivity contribution in [3.05, 3.63) is 70.8 Å². The van der Waals surface area contributed by atoms with Gasteiger partial charge >= 0.3 is 5.97 Å². The van der Waals surface area contributed by atoms with Crippen LogP contribution in [0.25, 0.3) is 0 Å². The molecule has 0 radical (unpaired) electrons. The van der Waals surface area contributed by atoms with Gasteiger partial charge in [-0.2, -0.15) is 0 Å². The van der Waals surface area contributed by atoms with Gasteiger partial charge in [-0.1, -0.05) is 36.4 Å². The van der Waals surface area contributed by atoms with Crippen LogP contribution in [0.2, 0.25) is 0 Å². The summed E-state index contributed by atoms with van der Waals surface area (Å²) in [5.41, 5.74) is 1.51. The first-order valence-electron chi connectivity index (χ1n) is 7.14. The van der Waals surface area contributed by atoms with E-state index in [1.165, 1.54) is 19.1 Å². The number of rotatable bonds is 5. The second-order valence-electron chi connectivity index (χ2n) is 5.22. The zero-order valence-corrected chi connectivity index (χ0v) is 12.9. The van der Waals surface area contributed by atoms with Gasteiger partial charge in [-0.3, -0.25) is 9.59 Å². The van der Waals surface area contributed by atoms with Crippen molar-refractivity contribution in [1.82, 2.24) is 5.32 Å². The fourth-order valence-corrected chi connectivity index (χ4v) is 2.23. The molecule has 0 spiro atoms. The predicted octanol–water partition coefficient (Wildman–Crippen LogP) is 3.08. The number of hydrogen-bond donors (Lipinski definition) is 2. The first-order chi connectivity index (χ1) is 10.9. The normalized spacial score (nSPS) is 11.6. The fraction of sp³-hybridized carbons (Fsp3) is 0.167. The maximum Gasteiger partial charge on any atom is 0.336 e. The highest BCUT2D eigenvalue weighted by Gasteiger charge is 2.18. The zero-order chi connectivity index (χ0) is 17.0. The smallest absolute Gasteiger partial charge is 0.336 e. The van der Waals surface area contributed by atoms with Crippen molar-refractivity contribution in [1.29, 1.82) is 0 Å². The number of hydrogen-bond acceptors (Lipinski definition) is 3. The minimum Gasteiger partial charge on any atom is -0.478 e. The lowest BCUT2D eigenvalue weighted by Gasteiger charge is -2.15. The Bertz CT molecular complexity index is 750. The van der Waals surface area contributed by atoms with Crippen LogP contribution in [-0.2, 0) is 0 Å². The van der Waals surface area contributed by atoms with E-state index in [0.717, 1.165) is 5.56 Å². The zero-order valence-electron chi connectivity index (χ0n) is 12.9. The average molecular weight is 311 g/mol. The van der Waals surface area contributed by atoms with E-state index < -0.39 is 11.9 Å². The van der Waals surface area contributed by atoms with Crippen molar-refractivity contribution >= 4 is 17.7 Å². The average Bonchev–Trinajstić information content (AvgIpc) is 2.54. The number of Topliss-reactive ketones (excluding diaryl/α,β-unsaturated/α-hetero) is 1. The fourth-order valence-electron chi connectivity index (χ4n) is 2.23. The Kier molecular flexibility index (Phi) is 4.91. The third-order valence-corrected chi connectivity index (χ3v) is 3.57. The lowest BCUT2D eigenvalue weighted by atomic mass is 10.0. The molecule has 23 heavy (non-hydrogen) atoms. The molecule has 0 saturated heterocycles. The number of ketones is 1. The molecule has 0 aliphatic carbocycles. The lowest BCUT2D eigenvalue weighted by molar-refractivity contribution is 0.0690. The molecular weight excluding hydrogens is 294 g/mol. The van der Waals surface area contributed by atoms with Crippen molar-refractivity contribution < 1.29 is 19.5 Å². The molecule has 1 unspecified atom stereocenters. The van der Waals surface area contributed by atoms with Crippen molar-refractivity contribution in [3.63, 3.8) is 0 Å². The van der Waals surface area contributed by atoms with Crippen LogP contribution >= 0.6 is 0 Å². The molecule has 0 aliphatic heterocycles. The quantitative estimate of drug-likeness (QED) is 0.831. The van der Waals surface area contributed by atoms with Crippen LogP contribution in [0.15, 0.2) is 48.5 Å². The summed E-state index contributed by atoms with van der Waals surface area (Å²) in [4.78, 5) is 34.7. The van der Waals surface area contributed by atoms with Crippen LogP contribution < -0.4 is 5.32 Å². The Morgan fingerprint density at radius 1 is 0.957 bits per heavy atom. The number of carbonyl (C=O) groups is 3. The summed E-state index contributed by atoms with van der Waals surface area (Å²) in [6.45, 7) is 3.28. The van der Waals surface area contributed by atoms with Gasteiger partial charge in [-0.25, -0.2) is 4.79 Å². The van der Waals surface area contributed by atoms with E-state index in [1.54, 1.807) is 43.3 Å². The number of carbonyl (C=O) groups excluding carboxylic acids is 2. The van der Waals surface area contributed by atoms with E-state index in [2.05, 4.69) is 5.32 Å². The van der Waals surface area contributed by atoms with E-state index in [0.29, 0.717) is 5.56 Å². The largest absolute Gasteiger partial charge is 0.478 e. The van der Waals surface area contributed by atoms with E-state index in [-0.39, 0.29) is 23.0 Å². The Labute approximate surface area is 134 Å². The second kappa shape index (κ2) is 6.87. The molecule has 118 valence electrons. The molecule has 2 aromatic rings. The summed E-state index contributed by atoms with van der Waals surface area (Å²) < 4.78 is 0. The minimum absolute atomic E-state index is 0.0244. The summed E-state index contributed by atoms with van der Waals surface area (Å²) >= 11 is 0. The maximum absolute atomic E-state index is 12.3. The highest BCUT2D eigenvalue weighted by atomic mass is 16.4. The second-order valence-corrected chi connectivity index (χ2v) is 5.22. The summed E-state index contributed by atoms with van der Waals surface area (Å²) in [5.74, 6) is -1.62. The maximum atomic E-state index is 12.3. The van der Waals surface area contributed by atoms with Crippen LogP contribution in [-0.4, -0.2) is 22.8 Å². The number of amides is 1. The number of carboxylic acid groups (broad SMARTS) is 1. The Balaban J connectivity index is 2.17. The van der Waals surface area contributed by atoms with Crippen LogP contribution in [0.3, 0.4) is 0 Å². The van der Waals surface area contributed by atoms with E-state index in [4.69, 9.17) is 5.11 Å². The standard InChI is InChI=1S/C18H17NO4/c1-11(13-7-9-14(10-8-13)12(2)20)19-17(21)15-5-3-4-6-16(15)18(22)23/h3-11H,1-2H3,(H,19,21)(H,22,23). The predicted molar refractivity (Wildman–Crippen MR) is 85.7 cm³/mol. The van der Waals surface area contributed by atoms with Gasteiger partial charge in [0.2, 0.25) is 0 Å². The molecule has 0 heterocycles. The topological polar surface area (TPSA) is 83.5 Å². The highest BCUT2D eigenvalue weighted by molar-refractivity contribution is 6.04. The van der Waals surface area contributed by atoms with E-state index in [1.807, 2.05) is 0 Å². The van der Waals surface area contributed by atoms with Crippen molar-refractivity contribution in [2.24, 2.45) is 0 Å². The number of carboxylic acids is 1. The molecule has 2 rings (SSSR count). The van der Waals surface area contributed by atoms with Gasteiger partial charge in [0, 0.05) is 5.56 Å². The van der Waals surface area contributed by atoms with Crippen LogP contribution in [0, 0.1) is 0 Å². The van der Waals surface area contributed by atoms with Gasteiger partial charge in [0.15, 0.2) is 5.78 Å². The molecule has 0 fully saturated rings. The third kappa shape index (κ3) is 3.83. The summed E-state index contributed by atoms with van der Waals surface area (Å²) in [7, 11) is 0. The molecule has 1 atom stereocenters. The third-order valence-electron chi connectivity index (χ3n) is 3.57. The Morgan fingerprint density at radius 2 is 1.52 bits per heavy atom. The van der Waals surface area contributed by atoms with Gasteiger partial charge in [0.05, 0.1) is 17.2 Å². The summed E-state index contributed by atoms with van der Waals surface area (Å²) in [6, 6.07) is 12.7. The van der Waals surface area contributed by atoms with Gasteiger partial charge in [-0.05, 0) is 31.5 Å². The van der Waals surface area contributed by atoms with E-state index in [9.17, 15) is 14.4 Å². The first kappa shape index (κ1) is 16.4. The molecular formula is C18H17NO4. The van der Waals surface area contributed by atoms with Crippen LogP contribution in [0.5, 0.6) is 0 Å². The number of benzene rings is 2. The summed E-state index contributed by atoms with van der Waals surface area (Å²) in [5, 5.41) is 11.9. The van der Waals surface area contributed by atoms with Crippen LogP contribution in [0.4, 0.5) is 0 Å². The molecule has 1 amide bonds. The molecule has 0 saturated carbocycles. The molecule has 2 N–H and O–H groups in total. The first-order valence-corrected chi connectivity index (χ1v) is 7.14. The van der Waals surface area contributed by atoms with Gasteiger partial charge in [-0.15, -0.1) is 0 Å². The molecule has 5 heteroatoms. The van der Waals surface area contributed by atoms with E-state index >= 15 is 0 Å². The number of nitrogens with one attached hydrogen (secondary N) is 1. The summed E-state index contributed by atoms with van der Waals surface area (Å²) in [6.07, 6.45) is 0. The molecule has 2 aromatic carbocycles. The number of aromatic carboxylic acids is 1. The van der Waals surface area contributed by atoms with Gasteiger partial charge < -0.3 is 10.4 Å². The monoisotopic (exact) mass is 311 g/mol.